The summed E-state index contributed by atoms with van der Waals surface area (Å²) in [5, 5.41) is 0. The van der Waals surface area contributed by atoms with Crippen LogP contribution in [0.2, 0.25) is 0 Å². The maximum absolute atomic E-state index is 5.85. The molecule has 0 aliphatic carbocycles. The predicted octanol–water partition coefficient (Wildman–Crippen LogP) is 2.79. The van der Waals surface area contributed by atoms with Gasteiger partial charge in [0.1, 0.15) is 0 Å². The fraction of sp³-hybridized carbons (Fsp3) is 0.600. The highest BCUT2D eigenvalue weighted by Gasteiger charge is 2.37. The zero-order valence-corrected chi connectivity index (χ0v) is 14.6. The van der Waals surface area contributed by atoms with Gasteiger partial charge in [0.05, 0.1) is 0 Å². The van der Waals surface area contributed by atoms with Gasteiger partial charge in [-0.3, -0.25) is 11.3 Å². The number of nitrogens with two attached hydrogens (primary N) is 1. The Morgan fingerprint density at radius 1 is 1.21 bits per heavy atom. The summed E-state index contributed by atoms with van der Waals surface area (Å²) in [7, 11) is 4.29. The summed E-state index contributed by atoms with van der Waals surface area (Å²) >= 11 is 2.33. The second kappa shape index (κ2) is 7.57. The number of nitrogens with zero attached hydrogens (tertiary/aromatic N) is 1. The number of rotatable bonds is 7. The largest absolute Gasteiger partial charge is 0.302 e. The molecule has 3 N–H and O–H groups in total. The summed E-state index contributed by atoms with van der Waals surface area (Å²) in [6, 6.07) is 8.94. The first-order valence-electron chi connectivity index (χ1n) is 6.88. The Kier molecular flexibility index (Phi) is 6.73. The van der Waals surface area contributed by atoms with E-state index in [9.17, 15) is 0 Å². The molecule has 0 saturated carbocycles. The lowest BCUT2D eigenvalue weighted by atomic mass is 9.80. The van der Waals surface area contributed by atoms with Crippen LogP contribution in [0.25, 0.3) is 0 Å². The molecule has 1 atom stereocenters. The minimum absolute atomic E-state index is 0.0950. The van der Waals surface area contributed by atoms with Crippen molar-refractivity contribution in [1.82, 2.24) is 10.3 Å². The van der Waals surface area contributed by atoms with Crippen molar-refractivity contribution in [1.29, 1.82) is 0 Å². The van der Waals surface area contributed by atoms with Crippen molar-refractivity contribution in [3.8, 4) is 0 Å². The molecule has 0 radical (unpaired) electrons. The standard InChI is InChI=1S/C15H26IN3/c1-5-15(6-2,19(3)4)14(18-17)11-12-7-9-13(16)10-8-12/h7-10,14,18H,5-6,11,17H2,1-4H3. The van der Waals surface area contributed by atoms with Crippen molar-refractivity contribution in [2.75, 3.05) is 14.1 Å². The van der Waals surface area contributed by atoms with Crippen molar-refractivity contribution in [2.24, 2.45) is 5.84 Å². The maximum atomic E-state index is 5.85. The number of hydrazine groups is 1. The van der Waals surface area contributed by atoms with Gasteiger partial charge in [0.2, 0.25) is 0 Å². The van der Waals surface area contributed by atoms with Crippen molar-refractivity contribution in [3.63, 3.8) is 0 Å². The lowest BCUT2D eigenvalue weighted by molar-refractivity contribution is 0.0882. The Hall–Kier alpha value is -0.170. The van der Waals surface area contributed by atoms with Crippen LogP contribution >= 0.6 is 22.6 Å². The van der Waals surface area contributed by atoms with E-state index in [-0.39, 0.29) is 11.6 Å². The molecule has 0 bridgehead atoms. The van der Waals surface area contributed by atoms with Gasteiger partial charge in [-0.25, -0.2) is 0 Å². The molecule has 1 aromatic carbocycles. The van der Waals surface area contributed by atoms with E-state index in [4.69, 9.17) is 5.84 Å². The van der Waals surface area contributed by atoms with Gasteiger partial charge in [-0.05, 0) is 73.6 Å². The van der Waals surface area contributed by atoms with Gasteiger partial charge < -0.3 is 4.90 Å². The minimum Gasteiger partial charge on any atom is -0.302 e. The van der Waals surface area contributed by atoms with E-state index in [0.717, 1.165) is 19.3 Å². The quantitative estimate of drug-likeness (QED) is 0.438. The van der Waals surface area contributed by atoms with Gasteiger partial charge in [0.25, 0.3) is 0 Å². The van der Waals surface area contributed by atoms with E-state index < -0.39 is 0 Å². The molecule has 1 rings (SSSR count). The fourth-order valence-electron chi connectivity index (χ4n) is 2.95. The summed E-state index contributed by atoms with van der Waals surface area (Å²) in [5.41, 5.74) is 4.47. The summed E-state index contributed by atoms with van der Waals surface area (Å²) in [4.78, 5) is 2.31. The Morgan fingerprint density at radius 3 is 2.11 bits per heavy atom. The van der Waals surface area contributed by atoms with Crippen LogP contribution in [-0.2, 0) is 6.42 Å². The number of halogens is 1. The lowest BCUT2D eigenvalue weighted by Gasteiger charge is -2.45. The molecule has 0 amide bonds. The van der Waals surface area contributed by atoms with Crippen LogP contribution in [0.5, 0.6) is 0 Å². The third-order valence-corrected chi connectivity index (χ3v) is 5.04. The molecule has 0 fully saturated rings. The summed E-state index contributed by atoms with van der Waals surface area (Å²) in [5.74, 6) is 5.85. The summed E-state index contributed by atoms with van der Waals surface area (Å²) in [6.45, 7) is 4.48. The molecule has 0 saturated heterocycles. The third-order valence-electron chi connectivity index (χ3n) is 4.32. The second-order valence-electron chi connectivity index (χ2n) is 5.25. The predicted molar refractivity (Wildman–Crippen MR) is 91.0 cm³/mol. The molecule has 0 aromatic heterocycles. The van der Waals surface area contributed by atoms with Crippen LogP contribution in [0.4, 0.5) is 0 Å². The monoisotopic (exact) mass is 375 g/mol. The third kappa shape index (κ3) is 3.90. The van der Waals surface area contributed by atoms with Gasteiger partial charge in [-0.2, -0.15) is 0 Å². The van der Waals surface area contributed by atoms with E-state index in [1.165, 1.54) is 9.13 Å². The highest BCUT2D eigenvalue weighted by atomic mass is 127. The normalized spacial score (nSPS) is 13.8. The Bertz CT molecular complexity index is 371. The molecule has 4 heteroatoms. The number of likely N-dealkylation sites (N-methyl/N-ethyl adjacent to an activating group) is 1. The first-order valence-corrected chi connectivity index (χ1v) is 7.96. The molecule has 3 nitrogen and oxygen atoms in total. The van der Waals surface area contributed by atoms with Crippen LogP contribution in [0.1, 0.15) is 32.3 Å². The average Bonchev–Trinajstić information content (AvgIpc) is 2.41. The molecular formula is C15H26IN3. The number of nitrogens with one attached hydrogen (secondary N) is 1. The Balaban J connectivity index is 2.95. The van der Waals surface area contributed by atoms with Crippen molar-refractivity contribution < 1.29 is 0 Å². The van der Waals surface area contributed by atoms with E-state index in [1.54, 1.807) is 0 Å². The fourth-order valence-corrected chi connectivity index (χ4v) is 3.31. The van der Waals surface area contributed by atoms with Crippen LogP contribution in [0, 0.1) is 3.57 Å². The van der Waals surface area contributed by atoms with Gasteiger partial charge in [-0.15, -0.1) is 0 Å². The molecule has 108 valence electrons. The molecule has 1 unspecified atom stereocenters. The molecule has 0 aliphatic rings. The molecular weight excluding hydrogens is 349 g/mol. The van der Waals surface area contributed by atoms with E-state index in [1.807, 2.05) is 0 Å². The topological polar surface area (TPSA) is 41.3 Å². The van der Waals surface area contributed by atoms with Crippen LogP contribution in [0.15, 0.2) is 24.3 Å². The highest BCUT2D eigenvalue weighted by Crippen LogP contribution is 2.27. The Labute approximate surface area is 131 Å². The number of benzene rings is 1. The zero-order chi connectivity index (χ0) is 14.5. The maximum Gasteiger partial charge on any atom is 0.0434 e. The van der Waals surface area contributed by atoms with Gasteiger partial charge in [-0.1, -0.05) is 26.0 Å². The average molecular weight is 375 g/mol. The van der Waals surface area contributed by atoms with Gasteiger partial charge in [0, 0.05) is 15.2 Å². The molecule has 0 spiro atoms. The van der Waals surface area contributed by atoms with Crippen LogP contribution in [-0.4, -0.2) is 30.6 Å². The summed E-state index contributed by atoms with van der Waals surface area (Å²) < 4.78 is 1.27. The van der Waals surface area contributed by atoms with Crippen molar-refractivity contribution in [3.05, 3.63) is 33.4 Å². The molecule has 1 aromatic rings. The highest BCUT2D eigenvalue weighted by molar-refractivity contribution is 14.1. The zero-order valence-electron chi connectivity index (χ0n) is 12.4. The SMILES string of the molecule is CCC(CC)(C(Cc1ccc(I)cc1)NN)N(C)C. The molecule has 0 aliphatic heterocycles. The molecule has 0 heterocycles. The number of hydrogen-bond acceptors (Lipinski definition) is 3. The Morgan fingerprint density at radius 2 is 1.74 bits per heavy atom. The number of hydrogen-bond donors (Lipinski definition) is 2. The smallest absolute Gasteiger partial charge is 0.0434 e. The molecule has 19 heavy (non-hydrogen) atoms. The summed E-state index contributed by atoms with van der Waals surface area (Å²) in [6.07, 6.45) is 3.11. The van der Waals surface area contributed by atoms with Crippen molar-refractivity contribution in [2.45, 2.75) is 44.7 Å². The van der Waals surface area contributed by atoms with Crippen LogP contribution < -0.4 is 11.3 Å². The second-order valence-corrected chi connectivity index (χ2v) is 6.50. The van der Waals surface area contributed by atoms with Gasteiger partial charge >= 0.3 is 0 Å². The van der Waals surface area contributed by atoms with E-state index >= 15 is 0 Å². The minimum atomic E-state index is 0.0950. The first kappa shape index (κ1) is 16.9. The lowest BCUT2D eigenvalue weighted by Crippen LogP contribution is -2.61. The van der Waals surface area contributed by atoms with Crippen LogP contribution in [0.3, 0.4) is 0 Å². The van der Waals surface area contributed by atoms with E-state index in [0.29, 0.717) is 0 Å². The van der Waals surface area contributed by atoms with E-state index in [2.05, 4.69) is 85.1 Å². The van der Waals surface area contributed by atoms with Gasteiger partial charge in [0.15, 0.2) is 0 Å². The van der Waals surface area contributed by atoms with Crippen molar-refractivity contribution >= 4 is 22.6 Å². The first-order chi connectivity index (χ1) is 9.00.